The number of pyridine rings is 1. The number of hydrogen-bond acceptors (Lipinski definition) is 7. The van der Waals surface area contributed by atoms with Gasteiger partial charge in [0, 0.05) is 30.6 Å². The second-order valence-electron chi connectivity index (χ2n) is 8.30. The monoisotopic (exact) mass is 473 g/mol. The summed E-state index contributed by atoms with van der Waals surface area (Å²) in [7, 11) is 0. The Labute approximate surface area is 194 Å². The van der Waals surface area contributed by atoms with Gasteiger partial charge in [-0.25, -0.2) is 9.97 Å². The molecule has 0 unspecified atom stereocenters. The summed E-state index contributed by atoms with van der Waals surface area (Å²) in [5.41, 5.74) is 5.80. The Kier molecular flexibility index (Phi) is 6.45. The highest BCUT2D eigenvalue weighted by Gasteiger charge is 2.31. The number of nitrogens with one attached hydrogen (secondary N) is 2. The van der Waals surface area contributed by atoms with Crippen molar-refractivity contribution in [3.63, 3.8) is 0 Å². The van der Waals surface area contributed by atoms with Gasteiger partial charge in [-0.15, -0.1) is 0 Å². The van der Waals surface area contributed by atoms with E-state index in [2.05, 4.69) is 30.5 Å². The largest absolute Gasteiger partial charge is 0.416 e. The Morgan fingerprint density at radius 2 is 1.91 bits per heavy atom. The third-order valence-corrected chi connectivity index (χ3v) is 5.73. The van der Waals surface area contributed by atoms with Crippen LogP contribution in [0.2, 0.25) is 0 Å². The van der Waals surface area contributed by atoms with E-state index in [1.807, 2.05) is 6.07 Å². The van der Waals surface area contributed by atoms with Crippen LogP contribution in [0.5, 0.6) is 0 Å². The van der Waals surface area contributed by atoms with E-state index < -0.39 is 17.8 Å². The predicted octanol–water partition coefficient (Wildman–Crippen LogP) is 4.75. The molecule has 4 N–H and O–H groups in total. The maximum atomic E-state index is 13.3. The van der Waals surface area contributed by atoms with Crippen LogP contribution < -0.4 is 21.3 Å². The molecular formula is C23H26F3N7O. The molecule has 4 rings (SSSR count). The smallest absolute Gasteiger partial charge is 0.399 e. The molecule has 8 nitrogen and oxygen atoms in total. The number of halogens is 3. The van der Waals surface area contributed by atoms with Crippen LogP contribution in [-0.2, 0) is 11.0 Å². The van der Waals surface area contributed by atoms with E-state index >= 15 is 0 Å². The number of carbonyl (C=O) groups excluding carboxylic acids is 1. The van der Waals surface area contributed by atoms with Crippen molar-refractivity contribution in [2.24, 2.45) is 0 Å². The molecular weight excluding hydrogens is 447 g/mol. The van der Waals surface area contributed by atoms with Crippen molar-refractivity contribution in [1.82, 2.24) is 15.0 Å². The molecule has 0 spiro atoms. The van der Waals surface area contributed by atoms with Crippen molar-refractivity contribution in [2.75, 3.05) is 34.4 Å². The third kappa shape index (κ3) is 5.13. The normalized spacial score (nSPS) is 14.9. The predicted molar refractivity (Wildman–Crippen MR) is 126 cm³/mol. The number of hydrogen-bond donors (Lipinski definition) is 3. The Hall–Kier alpha value is -3.63. The highest BCUT2D eigenvalue weighted by molar-refractivity contribution is 5.94. The Morgan fingerprint density at radius 1 is 1.18 bits per heavy atom. The minimum atomic E-state index is -4.51. The van der Waals surface area contributed by atoms with Crippen LogP contribution in [0.1, 0.15) is 50.3 Å². The van der Waals surface area contributed by atoms with Gasteiger partial charge in [-0.05, 0) is 49.6 Å². The molecule has 1 saturated heterocycles. The Morgan fingerprint density at radius 3 is 2.59 bits per heavy atom. The number of benzene rings is 1. The summed E-state index contributed by atoms with van der Waals surface area (Å²) < 4.78 is 39.9. The van der Waals surface area contributed by atoms with E-state index in [1.165, 1.54) is 6.07 Å². The van der Waals surface area contributed by atoms with E-state index in [1.54, 1.807) is 20.0 Å². The zero-order valence-electron chi connectivity index (χ0n) is 18.9. The molecule has 180 valence electrons. The fourth-order valence-corrected chi connectivity index (χ4v) is 3.90. The van der Waals surface area contributed by atoms with Crippen LogP contribution in [0.4, 0.5) is 36.4 Å². The van der Waals surface area contributed by atoms with E-state index in [9.17, 15) is 18.0 Å². The molecule has 1 aliphatic heterocycles. The second-order valence-corrected chi connectivity index (χ2v) is 8.30. The lowest BCUT2D eigenvalue weighted by atomic mass is 10.0. The molecule has 11 heteroatoms. The minimum absolute atomic E-state index is 0.0161. The molecule has 1 atom stereocenters. The fourth-order valence-electron chi connectivity index (χ4n) is 3.90. The number of rotatable bonds is 6. The average molecular weight is 474 g/mol. The zero-order valence-corrected chi connectivity index (χ0v) is 18.9. The van der Waals surface area contributed by atoms with Gasteiger partial charge in [-0.3, -0.25) is 10.1 Å². The molecule has 1 aliphatic rings. The van der Waals surface area contributed by atoms with Gasteiger partial charge < -0.3 is 16.0 Å². The van der Waals surface area contributed by atoms with Gasteiger partial charge in [0.15, 0.2) is 0 Å². The van der Waals surface area contributed by atoms with Crippen LogP contribution in [0.25, 0.3) is 10.9 Å². The van der Waals surface area contributed by atoms with Crippen molar-refractivity contribution < 1.29 is 18.0 Å². The molecule has 1 amide bonds. The first-order valence-corrected chi connectivity index (χ1v) is 11.1. The molecule has 0 aliphatic carbocycles. The first-order valence-electron chi connectivity index (χ1n) is 11.1. The summed E-state index contributed by atoms with van der Waals surface area (Å²) in [5, 5.41) is 6.47. The summed E-state index contributed by atoms with van der Waals surface area (Å²) in [4.78, 5) is 27.4. The van der Waals surface area contributed by atoms with E-state index in [4.69, 9.17) is 5.73 Å². The second kappa shape index (κ2) is 9.32. The lowest BCUT2D eigenvalue weighted by Crippen LogP contribution is -2.19. The molecule has 3 heterocycles. The van der Waals surface area contributed by atoms with E-state index in [0.717, 1.165) is 43.9 Å². The molecule has 3 aromatic rings. The molecule has 1 aromatic carbocycles. The number of amides is 1. The van der Waals surface area contributed by atoms with Crippen LogP contribution in [0, 0.1) is 0 Å². The van der Waals surface area contributed by atoms with Gasteiger partial charge >= 0.3 is 6.18 Å². The first-order chi connectivity index (χ1) is 16.1. The molecule has 34 heavy (non-hydrogen) atoms. The van der Waals surface area contributed by atoms with Gasteiger partial charge in [-0.1, -0.05) is 6.92 Å². The van der Waals surface area contributed by atoms with Crippen molar-refractivity contribution in [3.8, 4) is 0 Å². The van der Waals surface area contributed by atoms with Crippen molar-refractivity contribution in [1.29, 1.82) is 0 Å². The highest BCUT2D eigenvalue weighted by Crippen LogP contribution is 2.34. The third-order valence-electron chi connectivity index (χ3n) is 5.73. The summed E-state index contributed by atoms with van der Waals surface area (Å²) in [6.07, 6.45) is -0.491. The van der Waals surface area contributed by atoms with Crippen molar-refractivity contribution in [2.45, 2.75) is 45.3 Å². The van der Waals surface area contributed by atoms with E-state index in [0.29, 0.717) is 22.3 Å². The van der Waals surface area contributed by atoms with Crippen molar-refractivity contribution in [3.05, 3.63) is 41.6 Å². The summed E-state index contributed by atoms with van der Waals surface area (Å²) >= 11 is 0. The number of anilines is 4. The molecule has 0 radical (unpaired) electrons. The average Bonchev–Trinajstić information content (AvgIpc) is 3.32. The van der Waals surface area contributed by atoms with Crippen LogP contribution in [0.3, 0.4) is 0 Å². The van der Waals surface area contributed by atoms with Gasteiger partial charge in [0.2, 0.25) is 11.9 Å². The maximum Gasteiger partial charge on any atom is 0.416 e. The number of nitrogens with zero attached hydrogens (tertiary/aromatic N) is 4. The fraction of sp³-hybridized carbons (Fsp3) is 0.391. The summed E-state index contributed by atoms with van der Waals surface area (Å²) in [6.45, 7) is 5.22. The van der Waals surface area contributed by atoms with Gasteiger partial charge in [-0.2, -0.15) is 18.2 Å². The van der Waals surface area contributed by atoms with Gasteiger partial charge in [0.1, 0.15) is 11.6 Å². The number of nitrogen functional groups attached to an aromatic ring is 1. The maximum absolute atomic E-state index is 13.3. The Balaban J connectivity index is 1.74. The topological polar surface area (TPSA) is 109 Å². The van der Waals surface area contributed by atoms with Crippen LogP contribution in [-0.4, -0.2) is 33.9 Å². The van der Waals surface area contributed by atoms with Crippen molar-refractivity contribution >= 4 is 40.1 Å². The lowest BCUT2D eigenvalue weighted by Gasteiger charge is -2.20. The molecule has 1 fully saturated rings. The zero-order chi connectivity index (χ0) is 24.5. The number of fused-ring (bicyclic) bond motifs is 1. The number of aromatic nitrogens is 3. The number of alkyl halides is 3. The van der Waals surface area contributed by atoms with Crippen LogP contribution >= 0.6 is 0 Å². The summed E-state index contributed by atoms with van der Waals surface area (Å²) in [6, 6.07) is 4.76. The first kappa shape index (κ1) is 23.5. The standard InChI is InChI=1S/C23H26F3N7O/c1-3-20(34)31-22-30-18-12-28-19(33-6-4-5-7-33)11-17(18)21(32-22)29-13(2)14-8-15(23(24,25)26)10-16(27)9-14/h8-13H,3-7,27H2,1-2H3,(H2,29,30,31,32,34)/t13-/m1/s1. The van der Waals surface area contributed by atoms with Gasteiger partial charge in [0.25, 0.3) is 0 Å². The SMILES string of the molecule is CCC(=O)Nc1nc(N[C@H](C)c2cc(N)cc(C(F)(F)F)c2)c2cc(N3CCCC3)ncc2n1. The van der Waals surface area contributed by atoms with Gasteiger partial charge in [0.05, 0.1) is 23.3 Å². The van der Waals surface area contributed by atoms with E-state index in [-0.39, 0.29) is 24.0 Å². The Bertz CT molecular complexity index is 1210. The summed E-state index contributed by atoms with van der Waals surface area (Å²) in [5.74, 6) is 0.986. The number of carbonyl (C=O) groups is 1. The highest BCUT2D eigenvalue weighted by atomic mass is 19.4. The lowest BCUT2D eigenvalue weighted by molar-refractivity contribution is -0.137. The van der Waals surface area contributed by atoms with Crippen LogP contribution in [0.15, 0.2) is 30.5 Å². The molecule has 0 bridgehead atoms. The minimum Gasteiger partial charge on any atom is -0.399 e. The number of nitrogens with two attached hydrogens (primary N) is 1. The molecule has 2 aromatic heterocycles. The quantitative estimate of drug-likeness (QED) is 0.444. The molecule has 0 saturated carbocycles.